The van der Waals surface area contributed by atoms with E-state index in [2.05, 4.69) is 9.97 Å². The number of nitrogens with two attached hydrogens (primary N) is 1. The molecular weight excluding hydrogens is 284 g/mol. The summed E-state index contributed by atoms with van der Waals surface area (Å²) in [6.45, 7) is 0. The largest absolute Gasteiger partial charge is 0.382 e. The maximum absolute atomic E-state index is 6.10. The van der Waals surface area contributed by atoms with Gasteiger partial charge in [-0.3, -0.25) is 4.98 Å². The number of anilines is 1. The van der Waals surface area contributed by atoms with Crippen molar-refractivity contribution in [1.82, 2.24) is 15.0 Å². The molecule has 0 fully saturated rings. The van der Waals surface area contributed by atoms with Crippen molar-refractivity contribution in [2.24, 2.45) is 0 Å². The van der Waals surface area contributed by atoms with E-state index in [1.165, 1.54) is 0 Å². The van der Waals surface area contributed by atoms with Crippen LogP contribution in [0.25, 0.3) is 33.4 Å². The smallest absolute Gasteiger partial charge is 0.150 e. The van der Waals surface area contributed by atoms with Crippen LogP contribution in [0.5, 0.6) is 0 Å². The van der Waals surface area contributed by atoms with Gasteiger partial charge in [-0.25, -0.2) is 9.97 Å². The van der Waals surface area contributed by atoms with E-state index < -0.39 is 0 Å². The summed E-state index contributed by atoms with van der Waals surface area (Å²) in [5, 5.41) is 1.02. The van der Waals surface area contributed by atoms with Gasteiger partial charge >= 0.3 is 0 Å². The Morgan fingerprint density at radius 3 is 2.43 bits per heavy atom. The molecule has 4 heteroatoms. The van der Waals surface area contributed by atoms with Gasteiger partial charge < -0.3 is 5.73 Å². The normalized spacial score (nSPS) is 10.8. The van der Waals surface area contributed by atoms with Crippen LogP contribution in [0.4, 0.5) is 5.82 Å². The Kier molecular flexibility index (Phi) is 3.20. The zero-order valence-electron chi connectivity index (χ0n) is 12.3. The van der Waals surface area contributed by atoms with E-state index in [1.54, 1.807) is 12.4 Å². The van der Waals surface area contributed by atoms with Gasteiger partial charge in [-0.05, 0) is 12.1 Å². The highest BCUT2D eigenvalue weighted by Crippen LogP contribution is 2.30. The number of nitrogens with zero attached hydrogens (tertiary/aromatic N) is 3. The topological polar surface area (TPSA) is 64.7 Å². The van der Waals surface area contributed by atoms with Crippen molar-refractivity contribution in [2.75, 3.05) is 5.73 Å². The standard InChI is InChI=1S/C19H14N4/c20-19-18(15-10-11-21-16-9-5-4-8-14(15)16)23-17(12-22-19)13-6-2-1-3-7-13/h1-12H,(H2,20,22). The van der Waals surface area contributed by atoms with Gasteiger partial charge in [0.25, 0.3) is 0 Å². The molecule has 2 aromatic heterocycles. The van der Waals surface area contributed by atoms with Crippen LogP contribution in [0.15, 0.2) is 73.1 Å². The van der Waals surface area contributed by atoms with Crippen LogP contribution >= 0.6 is 0 Å². The van der Waals surface area contributed by atoms with Crippen LogP contribution in [-0.2, 0) is 0 Å². The van der Waals surface area contributed by atoms with Gasteiger partial charge in [-0.1, -0.05) is 48.5 Å². The molecule has 0 bridgehead atoms. The number of nitrogen functional groups attached to an aromatic ring is 1. The van der Waals surface area contributed by atoms with Gasteiger partial charge in [0.2, 0.25) is 0 Å². The molecule has 0 unspecified atom stereocenters. The minimum atomic E-state index is 0.418. The van der Waals surface area contributed by atoms with Crippen molar-refractivity contribution >= 4 is 16.7 Å². The lowest BCUT2D eigenvalue weighted by molar-refractivity contribution is 1.22. The van der Waals surface area contributed by atoms with Crippen molar-refractivity contribution in [3.63, 3.8) is 0 Å². The summed E-state index contributed by atoms with van der Waals surface area (Å²) < 4.78 is 0. The van der Waals surface area contributed by atoms with Gasteiger partial charge in [-0.2, -0.15) is 0 Å². The summed E-state index contributed by atoms with van der Waals surface area (Å²) in [5.74, 6) is 0.418. The summed E-state index contributed by atoms with van der Waals surface area (Å²) in [6, 6.07) is 19.8. The number of hydrogen-bond donors (Lipinski definition) is 1. The first-order valence-electron chi connectivity index (χ1n) is 7.35. The summed E-state index contributed by atoms with van der Waals surface area (Å²) in [6.07, 6.45) is 3.48. The molecule has 0 aliphatic carbocycles. The number of para-hydroxylation sites is 1. The van der Waals surface area contributed by atoms with E-state index in [-0.39, 0.29) is 0 Å². The van der Waals surface area contributed by atoms with Gasteiger partial charge in [0.05, 0.1) is 17.4 Å². The third-order valence-electron chi connectivity index (χ3n) is 3.77. The molecule has 4 nitrogen and oxygen atoms in total. The average Bonchev–Trinajstić information content (AvgIpc) is 2.62. The molecule has 0 spiro atoms. The number of rotatable bonds is 2. The number of aromatic nitrogens is 3. The average molecular weight is 298 g/mol. The van der Waals surface area contributed by atoms with E-state index >= 15 is 0 Å². The van der Waals surface area contributed by atoms with Gasteiger partial charge in [0.15, 0.2) is 0 Å². The fraction of sp³-hybridized carbons (Fsp3) is 0. The minimum Gasteiger partial charge on any atom is -0.382 e. The first-order chi connectivity index (χ1) is 11.3. The van der Waals surface area contributed by atoms with E-state index in [0.29, 0.717) is 11.5 Å². The quantitative estimate of drug-likeness (QED) is 0.608. The van der Waals surface area contributed by atoms with Crippen LogP contribution in [0, 0.1) is 0 Å². The van der Waals surface area contributed by atoms with E-state index in [4.69, 9.17) is 10.7 Å². The fourth-order valence-electron chi connectivity index (χ4n) is 2.65. The SMILES string of the molecule is Nc1ncc(-c2ccccc2)nc1-c1ccnc2ccccc12. The number of hydrogen-bond acceptors (Lipinski definition) is 4. The van der Waals surface area contributed by atoms with Crippen molar-refractivity contribution < 1.29 is 0 Å². The van der Waals surface area contributed by atoms with E-state index in [9.17, 15) is 0 Å². The highest BCUT2D eigenvalue weighted by Gasteiger charge is 2.12. The van der Waals surface area contributed by atoms with Gasteiger partial charge in [0.1, 0.15) is 11.5 Å². The number of pyridine rings is 1. The van der Waals surface area contributed by atoms with E-state index in [0.717, 1.165) is 27.7 Å². The van der Waals surface area contributed by atoms with Crippen LogP contribution in [0.1, 0.15) is 0 Å². The molecule has 0 aliphatic heterocycles. The Bertz CT molecular complexity index is 975. The molecule has 2 aromatic carbocycles. The Balaban J connectivity index is 1.95. The third kappa shape index (κ3) is 2.40. The number of benzene rings is 2. The molecule has 2 heterocycles. The zero-order chi connectivity index (χ0) is 15.6. The lowest BCUT2D eigenvalue weighted by Crippen LogP contribution is -1.99. The lowest BCUT2D eigenvalue weighted by Gasteiger charge is -2.09. The molecule has 0 amide bonds. The molecule has 4 aromatic rings. The molecule has 0 saturated carbocycles. The molecule has 2 N–H and O–H groups in total. The molecule has 0 radical (unpaired) electrons. The summed E-state index contributed by atoms with van der Waals surface area (Å²) >= 11 is 0. The molecule has 0 saturated heterocycles. The van der Waals surface area contributed by atoms with Crippen LogP contribution in [0.3, 0.4) is 0 Å². The van der Waals surface area contributed by atoms with Crippen molar-refractivity contribution in [1.29, 1.82) is 0 Å². The monoisotopic (exact) mass is 298 g/mol. The highest BCUT2D eigenvalue weighted by molar-refractivity contribution is 5.95. The van der Waals surface area contributed by atoms with E-state index in [1.807, 2.05) is 60.7 Å². The lowest BCUT2D eigenvalue weighted by atomic mass is 10.1. The minimum absolute atomic E-state index is 0.418. The Hall–Kier alpha value is -3.27. The molecule has 110 valence electrons. The highest BCUT2D eigenvalue weighted by atomic mass is 14.9. The maximum atomic E-state index is 6.10. The Morgan fingerprint density at radius 2 is 1.57 bits per heavy atom. The fourth-order valence-corrected chi connectivity index (χ4v) is 2.65. The first-order valence-corrected chi connectivity index (χ1v) is 7.35. The molecule has 0 aliphatic rings. The third-order valence-corrected chi connectivity index (χ3v) is 3.77. The number of fused-ring (bicyclic) bond motifs is 1. The summed E-state index contributed by atoms with van der Waals surface area (Å²) in [4.78, 5) is 13.5. The predicted molar refractivity (Wildman–Crippen MR) is 92.6 cm³/mol. The van der Waals surface area contributed by atoms with Gasteiger partial charge in [-0.15, -0.1) is 0 Å². The first kappa shape index (κ1) is 13.4. The Morgan fingerprint density at radius 1 is 0.783 bits per heavy atom. The molecule has 0 atom stereocenters. The summed E-state index contributed by atoms with van der Waals surface area (Å²) in [5.41, 5.74) is 10.5. The Labute approximate surface area is 133 Å². The second kappa shape index (κ2) is 5.50. The van der Waals surface area contributed by atoms with Crippen LogP contribution in [-0.4, -0.2) is 15.0 Å². The van der Waals surface area contributed by atoms with Crippen molar-refractivity contribution in [3.8, 4) is 22.5 Å². The zero-order valence-corrected chi connectivity index (χ0v) is 12.3. The predicted octanol–water partition coefficient (Wildman–Crippen LogP) is 3.94. The van der Waals surface area contributed by atoms with Crippen molar-refractivity contribution in [3.05, 3.63) is 73.1 Å². The maximum Gasteiger partial charge on any atom is 0.150 e. The second-order valence-corrected chi connectivity index (χ2v) is 5.23. The second-order valence-electron chi connectivity index (χ2n) is 5.23. The molecule has 4 rings (SSSR count). The molecule has 23 heavy (non-hydrogen) atoms. The summed E-state index contributed by atoms with van der Waals surface area (Å²) in [7, 11) is 0. The molecular formula is C19H14N4. The van der Waals surface area contributed by atoms with Gasteiger partial charge in [0, 0.05) is 22.7 Å². The van der Waals surface area contributed by atoms with Crippen LogP contribution < -0.4 is 5.73 Å². The van der Waals surface area contributed by atoms with Crippen LogP contribution in [0.2, 0.25) is 0 Å². The van der Waals surface area contributed by atoms with Crippen molar-refractivity contribution in [2.45, 2.75) is 0 Å².